The second kappa shape index (κ2) is 8.39. The van der Waals surface area contributed by atoms with Crippen molar-refractivity contribution in [3.63, 3.8) is 0 Å². The summed E-state index contributed by atoms with van der Waals surface area (Å²) < 4.78 is 7.22. The molecule has 1 N–H and O–H groups in total. The molecule has 0 amide bonds. The first-order valence-corrected chi connectivity index (χ1v) is 8.73. The average Bonchev–Trinajstić information content (AvgIpc) is 3.01. The highest BCUT2D eigenvalue weighted by Gasteiger charge is 2.17. The van der Waals surface area contributed by atoms with E-state index < -0.39 is 9.85 Å². The van der Waals surface area contributed by atoms with Crippen molar-refractivity contribution >= 4 is 23.4 Å². The number of hydrogen-bond donors (Lipinski definition) is 1. The van der Waals surface area contributed by atoms with Gasteiger partial charge in [-0.3, -0.25) is 25.7 Å². The van der Waals surface area contributed by atoms with Crippen molar-refractivity contribution < 1.29 is 14.6 Å². The maximum atomic E-state index is 11.2. The summed E-state index contributed by atoms with van der Waals surface area (Å²) in [4.78, 5) is 24.8. The number of hydrazone groups is 1. The van der Waals surface area contributed by atoms with E-state index in [4.69, 9.17) is 4.74 Å². The number of hydrogen-bond acceptors (Lipinski definition) is 8. The van der Waals surface area contributed by atoms with Gasteiger partial charge in [-0.15, -0.1) is 0 Å². The van der Waals surface area contributed by atoms with Crippen LogP contribution in [-0.2, 0) is 0 Å². The topological polar surface area (TPSA) is 138 Å². The van der Waals surface area contributed by atoms with Crippen LogP contribution in [0.25, 0.3) is 5.69 Å². The van der Waals surface area contributed by atoms with E-state index in [9.17, 15) is 20.2 Å². The number of benzene rings is 1. The van der Waals surface area contributed by atoms with E-state index in [1.54, 1.807) is 12.3 Å². The second-order valence-electron chi connectivity index (χ2n) is 6.30. The number of aryl methyl sites for hydroxylation is 1. The van der Waals surface area contributed by atoms with Gasteiger partial charge >= 0.3 is 0 Å². The van der Waals surface area contributed by atoms with Crippen LogP contribution in [0.5, 0.6) is 5.75 Å². The molecule has 0 saturated heterocycles. The van der Waals surface area contributed by atoms with Crippen molar-refractivity contribution in [3.8, 4) is 11.4 Å². The molecule has 3 aromatic rings. The van der Waals surface area contributed by atoms with E-state index in [1.807, 2.05) is 24.5 Å². The van der Waals surface area contributed by atoms with Crippen molar-refractivity contribution in [3.05, 3.63) is 79.8 Å². The molecule has 0 aliphatic carbocycles. The summed E-state index contributed by atoms with van der Waals surface area (Å²) >= 11 is 0. The van der Waals surface area contributed by atoms with E-state index in [-0.39, 0.29) is 11.4 Å². The lowest BCUT2D eigenvalue weighted by atomic mass is 10.2. The number of methoxy groups -OCH3 is 1. The lowest BCUT2D eigenvalue weighted by Crippen LogP contribution is -2.03. The number of anilines is 1. The Bertz CT molecular complexity index is 1140. The Hall–Kier alpha value is -4.28. The number of nitro groups is 2. The summed E-state index contributed by atoms with van der Waals surface area (Å²) in [5.41, 5.74) is 5.51. The molecule has 3 rings (SSSR count). The van der Waals surface area contributed by atoms with Crippen LogP contribution in [0.4, 0.5) is 17.2 Å². The molecule has 154 valence electrons. The molecule has 0 saturated carbocycles. The fourth-order valence-corrected chi connectivity index (χ4v) is 2.98. The Morgan fingerprint density at radius 3 is 2.40 bits per heavy atom. The van der Waals surface area contributed by atoms with E-state index in [0.29, 0.717) is 17.3 Å². The van der Waals surface area contributed by atoms with Crippen molar-refractivity contribution in [1.82, 2.24) is 9.55 Å². The van der Waals surface area contributed by atoms with E-state index in [1.165, 1.54) is 31.4 Å². The zero-order valence-electron chi connectivity index (χ0n) is 16.4. The Morgan fingerprint density at radius 2 is 1.80 bits per heavy atom. The van der Waals surface area contributed by atoms with E-state index in [2.05, 4.69) is 15.5 Å². The van der Waals surface area contributed by atoms with Crippen LogP contribution in [0.2, 0.25) is 0 Å². The van der Waals surface area contributed by atoms with E-state index >= 15 is 0 Å². The van der Waals surface area contributed by atoms with Crippen molar-refractivity contribution in [2.24, 2.45) is 5.10 Å². The number of ether oxygens (including phenoxy) is 1. The summed E-state index contributed by atoms with van der Waals surface area (Å²) in [5.74, 6) is 0.852. The van der Waals surface area contributed by atoms with Gasteiger partial charge in [0.25, 0.3) is 11.4 Å². The summed E-state index contributed by atoms with van der Waals surface area (Å²) in [6.07, 6.45) is 2.71. The predicted molar refractivity (Wildman–Crippen MR) is 111 cm³/mol. The second-order valence-corrected chi connectivity index (χ2v) is 6.30. The SMILES string of the molecule is COc1ccc([N+](=O)[O-])cc1-n1c(C)cc(/C=N\Nc2ccc([N+](=O)[O-])cn2)c1C. The molecule has 0 bridgehead atoms. The number of nitro benzene ring substituents is 1. The Labute approximate surface area is 170 Å². The minimum Gasteiger partial charge on any atom is -0.495 e. The molecule has 11 heteroatoms. The largest absolute Gasteiger partial charge is 0.495 e. The number of nitrogens with one attached hydrogen (secondary N) is 1. The minimum atomic E-state index is -0.531. The Balaban J connectivity index is 1.89. The Kier molecular flexibility index (Phi) is 5.72. The quantitative estimate of drug-likeness (QED) is 0.355. The molecule has 0 aliphatic rings. The van der Waals surface area contributed by atoms with Gasteiger partial charge in [0.1, 0.15) is 17.8 Å². The molecular formula is C19H18N6O5. The fourth-order valence-electron chi connectivity index (χ4n) is 2.98. The zero-order valence-corrected chi connectivity index (χ0v) is 16.4. The van der Waals surface area contributed by atoms with Gasteiger partial charge in [0.05, 0.1) is 28.9 Å². The highest BCUT2D eigenvalue weighted by Crippen LogP contribution is 2.31. The van der Waals surface area contributed by atoms with Gasteiger partial charge in [0, 0.05) is 35.2 Å². The minimum absolute atomic E-state index is 0.0422. The van der Waals surface area contributed by atoms with Crippen LogP contribution in [-0.4, -0.2) is 32.7 Å². The van der Waals surface area contributed by atoms with Crippen molar-refractivity contribution in [1.29, 1.82) is 0 Å². The summed E-state index contributed by atoms with van der Waals surface area (Å²) in [5, 5.41) is 26.0. The number of non-ortho nitro benzene ring substituents is 1. The third kappa shape index (κ3) is 4.09. The summed E-state index contributed by atoms with van der Waals surface area (Å²) in [7, 11) is 1.50. The summed E-state index contributed by atoms with van der Waals surface area (Å²) in [6, 6.07) is 9.06. The van der Waals surface area contributed by atoms with Gasteiger partial charge in [-0.1, -0.05) is 0 Å². The van der Waals surface area contributed by atoms with Crippen LogP contribution >= 0.6 is 0 Å². The van der Waals surface area contributed by atoms with Gasteiger partial charge in [-0.05, 0) is 32.0 Å². The number of aromatic nitrogens is 2. The van der Waals surface area contributed by atoms with Gasteiger partial charge in [-0.2, -0.15) is 5.10 Å². The van der Waals surface area contributed by atoms with Gasteiger partial charge < -0.3 is 9.30 Å². The molecule has 30 heavy (non-hydrogen) atoms. The smallest absolute Gasteiger partial charge is 0.287 e. The average molecular weight is 410 g/mol. The lowest BCUT2D eigenvalue weighted by molar-refractivity contribution is -0.385. The van der Waals surface area contributed by atoms with Crippen molar-refractivity contribution in [2.45, 2.75) is 13.8 Å². The predicted octanol–water partition coefficient (Wildman–Crippen LogP) is 3.76. The molecule has 0 aliphatic heterocycles. The van der Waals surface area contributed by atoms with Crippen LogP contribution < -0.4 is 10.2 Å². The zero-order chi connectivity index (χ0) is 21.8. The van der Waals surface area contributed by atoms with Crippen LogP contribution in [0.3, 0.4) is 0 Å². The summed E-state index contributed by atoms with van der Waals surface area (Å²) in [6.45, 7) is 3.73. The van der Waals surface area contributed by atoms with Gasteiger partial charge in [0.15, 0.2) is 0 Å². The first-order valence-electron chi connectivity index (χ1n) is 8.73. The number of rotatable bonds is 7. The molecule has 0 fully saturated rings. The molecular weight excluding hydrogens is 392 g/mol. The van der Waals surface area contributed by atoms with Crippen LogP contribution in [0, 0.1) is 34.1 Å². The molecule has 0 unspecified atom stereocenters. The van der Waals surface area contributed by atoms with E-state index in [0.717, 1.165) is 23.1 Å². The fraction of sp³-hybridized carbons (Fsp3) is 0.158. The third-order valence-electron chi connectivity index (χ3n) is 4.43. The molecule has 2 heterocycles. The molecule has 2 aromatic heterocycles. The molecule has 0 atom stereocenters. The standard InChI is InChI=1S/C19H18N6O5/c1-12-8-14(10-21-22-19-7-5-16(11-20-19)25(28)29)13(2)23(12)17-9-15(24(26)27)4-6-18(17)30-3/h4-11H,1-3H3,(H,20,22)/b21-10-. The third-order valence-corrected chi connectivity index (χ3v) is 4.43. The van der Waals surface area contributed by atoms with Crippen LogP contribution in [0.1, 0.15) is 17.0 Å². The molecule has 0 spiro atoms. The molecule has 1 aromatic carbocycles. The first kappa shape index (κ1) is 20.5. The lowest BCUT2D eigenvalue weighted by Gasteiger charge is -2.13. The monoisotopic (exact) mass is 410 g/mol. The highest BCUT2D eigenvalue weighted by molar-refractivity contribution is 5.83. The number of pyridine rings is 1. The maximum Gasteiger partial charge on any atom is 0.287 e. The van der Waals surface area contributed by atoms with Gasteiger partial charge in [0.2, 0.25) is 0 Å². The van der Waals surface area contributed by atoms with Crippen LogP contribution in [0.15, 0.2) is 47.7 Å². The normalized spacial score (nSPS) is 10.9. The highest BCUT2D eigenvalue weighted by atomic mass is 16.6. The number of nitrogens with zero attached hydrogens (tertiary/aromatic N) is 5. The molecule has 0 radical (unpaired) electrons. The maximum absolute atomic E-state index is 11.2. The van der Waals surface area contributed by atoms with Gasteiger partial charge in [-0.25, -0.2) is 4.98 Å². The molecule has 11 nitrogen and oxygen atoms in total. The Morgan fingerprint density at radius 1 is 1.10 bits per heavy atom. The van der Waals surface area contributed by atoms with Crippen molar-refractivity contribution in [2.75, 3.05) is 12.5 Å². The first-order chi connectivity index (χ1) is 14.3.